The van der Waals surface area contributed by atoms with Gasteiger partial charge >= 0.3 is 5.97 Å². The molecular formula is C19H17N3O3. The number of ether oxygens (including phenoxy) is 1. The standard InChI is InChI=1S/C19H17N3O3/c1-13-17(18(23)22(21-13)16-9-4-3-5-10-16)12-20-15-8-6-7-14(11-15)19(24)25-2/h3-12,17H,1-2H3/t17-/m0/s1. The molecular weight excluding hydrogens is 318 g/mol. The van der Waals surface area contributed by atoms with Crippen LogP contribution in [0.15, 0.2) is 64.7 Å². The fourth-order valence-electron chi connectivity index (χ4n) is 2.50. The molecule has 0 unspecified atom stereocenters. The lowest BCUT2D eigenvalue weighted by atomic mass is 10.1. The third-order valence-corrected chi connectivity index (χ3v) is 3.82. The molecule has 3 rings (SSSR count). The van der Waals surface area contributed by atoms with Crippen molar-refractivity contribution in [2.45, 2.75) is 6.92 Å². The minimum atomic E-state index is -0.526. The molecule has 2 aromatic carbocycles. The van der Waals surface area contributed by atoms with Crippen molar-refractivity contribution >= 4 is 35.2 Å². The van der Waals surface area contributed by atoms with Gasteiger partial charge in [0.05, 0.1) is 29.8 Å². The summed E-state index contributed by atoms with van der Waals surface area (Å²) in [7, 11) is 1.33. The van der Waals surface area contributed by atoms with E-state index in [-0.39, 0.29) is 5.91 Å². The Morgan fingerprint density at radius 1 is 1.20 bits per heavy atom. The Hall–Kier alpha value is -3.28. The number of methoxy groups -OCH3 is 1. The highest BCUT2D eigenvalue weighted by molar-refractivity contribution is 6.23. The van der Waals surface area contributed by atoms with Gasteiger partial charge in [-0.25, -0.2) is 4.79 Å². The molecule has 1 aliphatic heterocycles. The number of nitrogens with zero attached hydrogens (tertiary/aromatic N) is 3. The van der Waals surface area contributed by atoms with Gasteiger partial charge in [-0.1, -0.05) is 24.3 Å². The van der Waals surface area contributed by atoms with E-state index in [1.54, 1.807) is 37.4 Å². The number of anilines is 1. The van der Waals surface area contributed by atoms with Crippen LogP contribution < -0.4 is 5.01 Å². The number of hydrogen-bond acceptors (Lipinski definition) is 5. The van der Waals surface area contributed by atoms with Crippen molar-refractivity contribution < 1.29 is 14.3 Å². The van der Waals surface area contributed by atoms with Crippen molar-refractivity contribution in [1.82, 2.24) is 0 Å². The molecule has 126 valence electrons. The van der Waals surface area contributed by atoms with Crippen molar-refractivity contribution in [3.05, 3.63) is 60.2 Å². The first-order valence-electron chi connectivity index (χ1n) is 7.77. The summed E-state index contributed by atoms with van der Waals surface area (Å²) in [5.41, 5.74) is 2.37. The maximum atomic E-state index is 12.6. The van der Waals surface area contributed by atoms with Crippen molar-refractivity contribution in [2.75, 3.05) is 12.1 Å². The summed E-state index contributed by atoms with van der Waals surface area (Å²) in [5, 5.41) is 5.71. The zero-order valence-electron chi connectivity index (χ0n) is 13.9. The molecule has 0 radical (unpaired) electrons. The first kappa shape index (κ1) is 16.6. The van der Waals surface area contributed by atoms with Crippen molar-refractivity contribution in [3.8, 4) is 0 Å². The first-order chi connectivity index (χ1) is 12.1. The molecule has 0 fully saturated rings. The number of carbonyl (C=O) groups excluding carboxylic acids is 2. The maximum absolute atomic E-state index is 12.6. The third-order valence-electron chi connectivity index (χ3n) is 3.82. The molecule has 6 heteroatoms. The molecule has 25 heavy (non-hydrogen) atoms. The highest BCUT2D eigenvalue weighted by atomic mass is 16.5. The summed E-state index contributed by atoms with van der Waals surface area (Å²) in [6, 6.07) is 16.0. The van der Waals surface area contributed by atoms with E-state index in [1.807, 2.05) is 30.3 Å². The minimum Gasteiger partial charge on any atom is -0.465 e. The fourth-order valence-corrected chi connectivity index (χ4v) is 2.50. The van der Waals surface area contributed by atoms with Gasteiger partial charge in [-0.3, -0.25) is 9.79 Å². The predicted molar refractivity (Wildman–Crippen MR) is 96.5 cm³/mol. The molecule has 0 saturated heterocycles. The number of rotatable bonds is 4. The van der Waals surface area contributed by atoms with Crippen molar-refractivity contribution in [3.63, 3.8) is 0 Å². The van der Waals surface area contributed by atoms with E-state index in [0.29, 0.717) is 17.0 Å². The summed E-state index contributed by atoms with van der Waals surface area (Å²) in [6.07, 6.45) is 1.56. The van der Waals surface area contributed by atoms with E-state index < -0.39 is 11.9 Å². The van der Waals surface area contributed by atoms with Gasteiger partial charge in [0.15, 0.2) is 0 Å². The molecule has 2 aromatic rings. The summed E-state index contributed by atoms with van der Waals surface area (Å²) >= 11 is 0. The van der Waals surface area contributed by atoms with Crippen LogP contribution in [0.2, 0.25) is 0 Å². The van der Waals surface area contributed by atoms with Crippen LogP contribution in [-0.2, 0) is 9.53 Å². The molecule has 1 amide bonds. The highest BCUT2D eigenvalue weighted by Crippen LogP contribution is 2.23. The Kier molecular flexibility index (Phi) is 4.70. The zero-order valence-corrected chi connectivity index (χ0v) is 13.9. The second kappa shape index (κ2) is 7.09. The lowest BCUT2D eigenvalue weighted by Crippen LogP contribution is -2.27. The second-order valence-corrected chi connectivity index (χ2v) is 5.52. The summed E-state index contributed by atoms with van der Waals surface area (Å²) < 4.78 is 4.70. The number of esters is 1. The van der Waals surface area contributed by atoms with E-state index in [1.165, 1.54) is 12.1 Å². The quantitative estimate of drug-likeness (QED) is 0.636. The minimum absolute atomic E-state index is 0.156. The summed E-state index contributed by atoms with van der Waals surface area (Å²) in [6.45, 7) is 1.79. The number of aliphatic imine (C=N–C) groups is 1. The van der Waals surface area contributed by atoms with Crippen LogP contribution in [-0.4, -0.2) is 30.9 Å². The van der Waals surface area contributed by atoms with Gasteiger partial charge in [0.25, 0.3) is 5.91 Å². The fraction of sp³-hybridized carbons (Fsp3) is 0.158. The Bertz CT molecular complexity index is 859. The number of hydrazone groups is 1. The summed E-state index contributed by atoms with van der Waals surface area (Å²) in [5.74, 6) is -1.11. The van der Waals surface area contributed by atoms with Gasteiger partial charge in [-0.2, -0.15) is 10.1 Å². The summed E-state index contributed by atoms with van der Waals surface area (Å²) in [4.78, 5) is 28.5. The van der Waals surface area contributed by atoms with Crippen LogP contribution >= 0.6 is 0 Å². The van der Waals surface area contributed by atoms with Crippen LogP contribution in [0.5, 0.6) is 0 Å². The number of para-hydroxylation sites is 1. The van der Waals surface area contributed by atoms with Gasteiger partial charge in [-0.05, 0) is 37.3 Å². The van der Waals surface area contributed by atoms with Crippen LogP contribution in [0.1, 0.15) is 17.3 Å². The van der Waals surface area contributed by atoms with E-state index in [4.69, 9.17) is 4.74 Å². The molecule has 1 heterocycles. The normalized spacial score (nSPS) is 17.0. The Morgan fingerprint density at radius 3 is 2.68 bits per heavy atom. The van der Waals surface area contributed by atoms with Crippen LogP contribution in [0.3, 0.4) is 0 Å². The van der Waals surface area contributed by atoms with E-state index >= 15 is 0 Å². The molecule has 0 bridgehead atoms. The van der Waals surface area contributed by atoms with Gasteiger partial charge in [0, 0.05) is 6.21 Å². The Balaban J connectivity index is 1.80. The van der Waals surface area contributed by atoms with Crippen LogP contribution in [0, 0.1) is 5.92 Å². The number of amides is 1. The van der Waals surface area contributed by atoms with E-state index in [2.05, 4.69) is 10.1 Å². The smallest absolute Gasteiger partial charge is 0.337 e. The lowest BCUT2D eigenvalue weighted by Gasteiger charge is -2.12. The number of carbonyl (C=O) groups is 2. The van der Waals surface area contributed by atoms with Crippen molar-refractivity contribution in [1.29, 1.82) is 0 Å². The van der Waals surface area contributed by atoms with Gasteiger partial charge < -0.3 is 4.74 Å². The van der Waals surface area contributed by atoms with Gasteiger partial charge in [0.1, 0.15) is 5.92 Å². The Morgan fingerprint density at radius 2 is 1.96 bits per heavy atom. The van der Waals surface area contributed by atoms with Gasteiger partial charge in [0.2, 0.25) is 0 Å². The van der Waals surface area contributed by atoms with Gasteiger partial charge in [-0.15, -0.1) is 0 Å². The molecule has 0 N–H and O–H groups in total. The largest absolute Gasteiger partial charge is 0.465 e. The maximum Gasteiger partial charge on any atom is 0.337 e. The molecule has 0 aliphatic carbocycles. The first-order valence-corrected chi connectivity index (χ1v) is 7.77. The molecule has 6 nitrogen and oxygen atoms in total. The SMILES string of the molecule is COC(=O)c1cccc(N=C[C@@H]2C(=O)N(c3ccccc3)N=C2C)c1. The second-order valence-electron chi connectivity index (χ2n) is 5.52. The Labute approximate surface area is 145 Å². The molecule has 1 aliphatic rings. The lowest BCUT2D eigenvalue weighted by molar-refractivity contribution is -0.118. The third kappa shape index (κ3) is 3.47. The van der Waals surface area contributed by atoms with E-state index in [9.17, 15) is 9.59 Å². The molecule has 1 atom stereocenters. The average Bonchev–Trinajstić information content (AvgIpc) is 2.94. The average molecular weight is 335 g/mol. The van der Waals surface area contributed by atoms with Crippen molar-refractivity contribution in [2.24, 2.45) is 16.0 Å². The van der Waals surface area contributed by atoms with Crippen LogP contribution in [0.25, 0.3) is 0 Å². The topological polar surface area (TPSA) is 71.3 Å². The zero-order chi connectivity index (χ0) is 17.8. The molecule has 0 aromatic heterocycles. The molecule has 0 saturated carbocycles. The monoisotopic (exact) mass is 335 g/mol. The van der Waals surface area contributed by atoms with Crippen LogP contribution in [0.4, 0.5) is 11.4 Å². The van der Waals surface area contributed by atoms with E-state index in [0.717, 1.165) is 5.69 Å². The predicted octanol–water partition coefficient (Wildman–Crippen LogP) is 3.21. The number of hydrogen-bond donors (Lipinski definition) is 0. The number of benzene rings is 2. The molecule has 0 spiro atoms. The highest BCUT2D eigenvalue weighted by Gasteiger charge is 2.33.